The first-order valence-corrected chi connectivity index (χ1v) is 7.85. The summed E-state index contributed by atoms with van der Waals surface area (Å²) in [7, 11) is 0. The summed E-state index contributed by atoms with van der Waals surface area (Å²) in [5, 5.41) is 4.06. The first-order chi connectivity index (χ1) is 10.1. The number of carbonyl (C=O) groups excluding carboxylic acids is 1. The van der Waals surface area contributed by atoms with Crippen molar-refractivity contribution >= 4 is 44.4 Å². The third-order valence-electron chi connectivity index (χ3n) is 3.00. The van der Waals surface area contributed by atoms with Crippen molar-refractivity contribution in [1.29, 1.82) is 0 Å². The second kappa shape index (κ2) is 5.42. The van der Waals surface area contributed by atoms with Crippen molar-refractivity contribution < 1.29 is 9.18 Å². The summed E-state index contributed by atoms with van der Waals surface area (Å²) in [5.74, 6) is -0.697. The minimum absolute atomic E-state index is 0.200. The topological polar surface area (TPSA) is 68.0 Å². The number of anilines is 1. The summed E-state index contributed by atoms with van der Waals surface area (Å²) >= 11 is 2.72. The first kappa shape index (κ1) is 14.0. The van der Waals surface area contributed by atoms with Gasteiger partial charge < -0.3 is 11.1 Å². The SMILES string of the molecule is Cc1ncc(CNC(=O)c2sc3cccc(F)c3c2N)s1. The number of nitrogen functional groups attached to an aromatic ring is 1. The van der Waals surface area contributed by atoms with Crippen molar-refractivity contribution in [3.05, 3.63) is 45.0 Å². The number of amides is 1. The summed E-state index contributed by atoms with van der Waals surface area (Å²) in [6.07, 6.45) is 1.73. The zero-order valence-electron chi connectivity index (χ0n) is 11.1. The molecule has 0 aliphatic rings. The van der Waals surface area contributed by atoms with Crippen molar-refractivity contribution in [1.82, 2.24) is 10.3 Å². The van der Waals surface area contributed by atoms with Gasteiger partial charge in [0, 0.05) is 15.8 Å². The van der Waals surface area contributed by atoms with Crippen LogP contribution in [0.1, 0.15) is 19.6 Å². The smallest absolute Gasteiger partial charge is 0.263 e. The van der Waals surface area contributed by atoms with Crippen LogP contribution in [0, 0.1) is 12.7 Å². The average Bonchev–Trinajstić information content (AvgIpc) is 3.01. The molecule has 0 bridgehead atoms. The van der Waals surface area contributed by atoms with Crippen LogP contribution >= 0.6 is 22.7 Å². The zero-order chi connectivity index (χ0) is 15.0. The molecule has 1 amide bonds. The van der Waals surface area contributed by atoms with E-state index in [1.807, 2.05) is 6.92 Å². The highest BCUT2D eigenvalue weighted by molar-refractivity contribution is 7.21. The van der Waals surface area contributed by atoms with Gasteiger partial charge in [0.2, 0.25) is 0 Å². The van der Waals surface area contributed by atoms with E-state index in [1.54, 1.807) is 18.3 Å². The lowest BCUT2D eigenvalue weighted by atomic mass is 10.2. The van der Waals surface area contributed by atoms with Gasteiger partial charge in [0.15, 0.2) is 0 Å². The second-order valence-electron chi connectivity index (χ2n) is 4.49. The monoisotopic (exact) mass is 321 g/mol. The highest BCUT2D eigenvalue weighted by Gasteiger charge is 2.18. The van der Waals surface area contributed by atoms with Crippen LogP contribution < -0.4 is 11.1 Å². The molecule has 0 atom stereocenters. The third kappa shape index (κ3) is 2.62. The van der Waals surface area contributed by atoms with E-state index in [-0.39, 0.29) is 11.6 Å². The molecule has 108 valence electrons. The molecule has 3 rings (SSSR count). The van der Waals surface area contributed by atoms with Gasteiger partial charge in [-0.15, -0.1) is 22.7 Å². The molecule has 0 fully saturated rings. The Balaban J connectivity index is 1.84. The van der Waals surface area contributed by atoms with Crippen molar-refractivity contribution in [2.45, 2.75) is 13.5 Å². The standard InChI is InChI=1S/C14H12FN3OS2/c1-7-17-5-8(20-7)6-18-14(19)13-12(16)11-9(15)3-2-4-10(11)21-13/h2-5H,6,16H2,1H3,(H,18,19). The molecule has 4 nitrogen and oxygen atoms in total. The Labute approximate surface area is 128 Å². The number of nitrogens with two attached hydrogens (primary N) is 1. The lowest BCUT2D eigenvalue weighted by molar-refractivity contribution is 0.0956. The molecule has 0 radical (unpaired) electrons. The van der Waals surface area contributed by atoms with E-state index in [9.17, 15) is 9.18 Å². The largest absolute Gasteiger partial charge is 0.397 e. The van der Waals surface area contributed by atoms with Gasteiger partial charge in [-0.25, -0.2) is 9.37 Å². The van der Waals surface area contributed by atoms with Crippen LogP contribution in [0.3, 0.4) is 0 Å². The van der Waals surface area contributed by atoms with Crippen LogP contribution in [-0.4, -0.2) is 10.9 Å². The van der Waals surface area contributed by atoms with Crippen molar-refractivity contribution in [3.8, 4) is 0 Å². The van der Waals surface area contributed by atoms with E-state index in [1.165, 1.54) is 28.7 Å². The summed E-state index contributed by atoms with van der Waals surface area (Å²) < 4.78 is 14.4. The Bertz CT molecular complexity index is 825. The van der Waals surface area contributed by atoms with Gasteiger partial charge in [-0.1, -0.05) is 6.07 Å². The Hall–Kier alpha value is -1.99. The molecule has 0 aliphatic carbocycles. The lowest BCUT2D eigenvalue weighted by Crippen LogP contribution is -2.22. The molecule has 2 heterocycles. The molecule has 3 N–H and O–H groups in total. The normalized spacial score (nSPS) is 11.0. The number of nitrogens with one attached hydrogen (secondary N) is 1. The fraction of sp³-hybridized carbons (Fsp3) is 0.143. The minimum atomic E-state index is -0.404. The Morgan fingerprint density at radius 2 is 2.24 bits per heavy atom. The van der Waals surface area contributed by atoms with Crippen molar-refractivity contribution in [2.75, 3.05) is 5.73 Å². The number of aromatic nitrogens is 1. The predicted octanol–water partition coefficient (Wildman–Crippen LogP) is 3.32. The Morgan fingerprint density at radius 1 is 1.43 bits per heavy atom. The lowest BCUT2D eigenvalue weighted by Gasteiger charge is -2.02. The van der Waals surface area contributed by atoms with E-state index in [0.29, 0.717) is 21.5 Å². The van der Waals surface area contributed by atoms with Gasteiger partial charge in [-0.3, -0.25) is 4.79 Å². The van der Waals surface area contributed by atoms with Gasteiger partial charge >= 0.3 is 0 Å². The fourth-order valence-electron chi connectivity index (χ4n) is 2.03. The van der Waals surface area contributed by atoms with Gasteiger partial charge in [0.1, 0.15) is 10.7 Å². The molecular formula is C14H12FN3OS2. The molecule has 21 heavy (non-hydrogen) atoms. The van der Waals surface area contributed by atoms with Crippen molar-refractivity contribution in [2.24, 2.45) is 0 Å². The fourth-order valence-corrected chi connectivity index (χ4v) is 3.82. The number of rotatable bonds is 3. The maximum absolute atomic E-state index is 13.8. The molecular weight excluding hydrogens is 309 g/mol. The highest BCUT2D eigenvalue weighted by atomic mass is 32.1. The van der Waals surface area contributed by atoms with Crippen LogP contribution in [0.5, 0.6) is 0 Å². The first-order valence-electron chi connectivity index (χ1n) is 6.22. The number of hydrogen-bond acceptors (Lipinski definition) is 5. The second-order valence-corrected chi connectivity index (χ2v) is 6.86. The molecule has 3 aromatic rings. The van der Waals surface area contributed by atoms with Gasteiger partial charge in [0.25, 0.3) is 5.91 Å². The summed E-state index contributed by atoms with van der Waals surface area (Å²) in [6, 6.07) is 4.70. The van der Waals surface area contributed by atoms with Gasteiger partial charge in [0.05, 0.1) is 22.6 Å². The van der Waals surface area contributed by atoms with E-state index in [2.05, 4.69) is 10.3 Å². The van der Waals surface area contributed by atoms with Crippen molar-refractivity contribution in [3.63, 3.8) is 0 Å². The van der Waals surface area contributed by atoms with E-state index in [4.69, 9.17) is 5.73 Å². The molecule has 0 unspecified atom stereocenters. The van der Waals surface area contributed by atoms with Crippen LogP contribution in [0.2, 0.25) is 0 Å². The van der Waals surface area contributed by atoms with Crippen LogP contribution in [-0.2, 0) is 6.54 Å². The van der Waals surface area contributed by atoms with E-state index < -0.39 is 5.82 Å². The quantitative estimate of drug-likeness (QED) is 0.777. The number of hydrogen-bond donors (Lipinski definition) is 2. The zero-order valence-corrected chi connectivity index (χ0v) is 12.8. The predicted molar refractivity (Wildman–Crippen MR) is 84.2 cm³/mol. The number of halogens is 1. The number of fused-ring (bicyclic) bond motifs is 1. The van der Waals surface area contributed by atoms with E-state index in [0.717, 1.165) is 9.88 Å². The number of carbonyl (C=O) groups is 1. The van der Waals surface area contributed by atoms with Crippen LogP contribution in [0.15, 0.2) is 24.4 Å². The maximum atomic E-state index is 13.8. The highest BCUT2D eigenvalue weighted by Crippen LogP contribution is 2.35. The molecule has 0 saturated heterocycles. The van der Waals surface area contributed by atoms with Crippen LogP contribution in [0.25, 0.3) is 10.1 Å². The summed E-state index contributed by atoms with van der Waals surface area (Å²) in [6.45, 7) is 2.29. The number of thiazole rings is 1. The molecule has 0 aliphatic heterocycles. The molecule has 0 spiro atoms. The average molecular weight is 321 g/mol. The van der Waals surface area contributed by atoms with Gasteiger partial charge in [-0.2, -0.15) is 0 Å². The third-order valence-corrected chi connectivity index (χ3v) is 5.08. The Morgan fingerprint density at radius 3 is 2.90 bits per heavy atom. The summed E-state index contributed by atoms with van der Waals surface area (Å²) in [4.78, 5) is 17.6. The number of thiophene rings is 1. The van der Waals surface area contributed by atoms with Gasteiger partial charge in [-0.05, 0) is 19.1 Å². The maximum Gasteiger partial charge on any atom is 0.263 e. The summed E-state index contributed by atoms with van der Waals surface area (Å²) in [5.41, 5.74) is 6.11. The minimum Gasteiger partial charge on any atom is -0.397 e. The molecule has 7 heteroatoms. The number of aryl methyl sites for hydroxylation is 1. The number of benzene rings is 1. The molecule has 2 aromatic heterocycles. The van der Waals surface area contributed by atoms with E-state index >= 15 is 0 Å². The molecule has 0 saturated carbocycles. The molecule has 1 aromatic carbocycles. The number of nitrogens with zero attached hydrogens (tertiary/aromatic N) is 1. The Kier molecular flexibility index (Phi) is 3.60. The van der Waals surface area contributed by atoms with Crippen LogP contribution in [0.4, 0.5) is 10.1 Å².